The fourth-order valence-electron chi connectivity index (χ4n) is 7.94. The second-order valence-corrected chi connectivity index (χ2v) is 15.5. The topological polar surface area (TPSA) is 88.2 Å². The Bertz CT molecular complexity index is 2320. The van der Waals surface area contributed by atoms with Crippen molar-refractivity contribution in [2.75, 3.05) is 9.80 Å². The summed E-state index contributed by atoms with van der Waals surface area (Å²) >= 11 is 0. The molecule has 6 heteroatoms. The van der Waals surface area contributed by atoms with Crippen molar-refractivity contribution in [1.82, 2.24) is 0 Å². The molecule has 1 aliphatic carbocycles. The van der Waals surface area contributed by atoms with Gasteiger partial charge in [0.1, 0.15) is 18.0 Å². The first-order chi connectivity index (χ1) is 25.9. The number of rotatable bonds is 7. The molecule has 7 rings (SSSR count). The first kappa shape index (κ1) is 36.1. The lowest BCUT2D eigenvalue weighted by Gasteiger charge is -2.33. The molecule has 0 bridgehead atoms. The van der Waals surface area contributed by atoms with E-state index in [-0.39, 0.29) is 51.9 Å². The van der Waals surface area contributed by atoms with Crippen LogP contribution in [-0.4, -0.2) is 11.6 Å². The van der Waals surface area contributed by atoms with E-state index in [2.05, 4.69) is 114 Å². The molecule has 0 amide bonds. The van der Waals surface area contributed by atoms with Gasteiger partial charge in [-0.05, 0) is 93.1 Å². The summed E-state index contributed by atoms with van der Waals surface area (Å²) in [5.41, 5.74) is 9.38. The molecule has 6 nitrogen and oxygen atoms in total. The van der Waals surface area contributed by atoms with Gasteiger partial charge in [-0.3, -0.25) is 19.4 Å². The Labute approximate surface area is 318 Å². The number of carbonyl (C=O) groups is 2. The van der Waals surface area contributed by atoms with E-state index >= 15 is 0 Å². The molecule has 1 heterocycles. The zero-order chi connectivity index (χ0) is 38.6. The minimum Gasteiger partial charge on any atom is -0.293 e. The monoisotopic (exact) mass is 708 g/mol. The van der Waals surface area contributed by atoms with Gasteiger partial charge in [0.15, 0.2) is 11.6 Å². The zero-order valence-electron chi connectivity index (χ0n) is 32.2. The number of hydrogen-bond acceptors (Lipinski definition) is 6. The Hall–Kier alpha value is -6.24. The molecular formula is C48H44N4O2. The third-order valence-corrected chi connectivity index (χ3v) is 10.7. The van der Waals surface area contributed by atoms with Crippen LogP contribution in [0.5, 0.6) is 0 Å². The van der Waals surface area contributed by atoms with Gasteiger partial charge in [-0.25, -0.2) is 0 Å². The molecule has 5 aromatic carbocycles. The van der Waals surface area contributed by atoms with Crippen LogP contribution in [0.2, 0.25) is 0 Å². The van der Waals surface area contributed by atoms with Crippen molar-refractivity contribution in [3.05, 3.63) is 153 Å². The van der Waals surface area contributed by atoms with Crippen LogP contribution in [0.3, 0.4) is 0 Å². The van der Waals surface area contributed by atoms with E-state index in [4.69, 9.17) is 0 Å². The van der Waals surface area contributed by atoms with E-state index < -0.39 is 0 Å². The van der Waals surface area contributed by atoms with Crippen LogP contribution in [-0.2, 0) is 0 Å². The van der Waals surface area contributed by atoms with Gasteiger partial charge in [-0.2, -0.15) is 10.5 Å². The molecule has 0 N–H and O–H groups in total. The zero-order valence-corrected chi connectivity index (χ0v) is 32.2. The van der Waals surface area contributed by atoms with Gasteiger partial charge in [0.25, 0.3) is 0 Å². The highest BCUT2D eigenvalue weighted by atomic mass is 16.2. The number of allylic oxidation sites excluding steroid dienone is 3. The standard InChI is InChI=1S/C48H44N4O2/c1-27(2)35-15-11-16-36(28(3)4)45(35)51-42-23-33(25-49)34(26-50)24-43(42)52(46-37(29(5)6)17-12-18-38(46)30(7)8)44(51)20-19-39-47(53)40-21-31-13-9-10-14-32(31)22-41(40)48(39)54/h9-24,27-30H,1-8H3. The Kier molecular flexibility index (Phi) is 9.34. The second-order valence-electron chi connectivity index (χ2n) is 15.5. The number of Topliss-reactive ketones (excluding diaryl/α,β-unsaturated/α-hetero) is 2. The molecule has 54 heavy (non-hydrogen) atoms. The molecule has 0 saturated carbocycles. The molecule has 1 aliphatic heterocycles. The summed E-state index contributed by atoms with van der Waals surface area (Å²) in [7, 11) is 0. The van der Waals surface area contributed by atoms with E-state index in [0.717, 1.165) is 55.8 Å². The van der Waals surface area contributed by atoms with Crippen molar-refractivity contribution in [2.45, 2.75) is 79.1 Å². The van der Waals surface area contributed by atoms with E-state index in [0.29, 0.717) is 16.9 Å². The number of hydrogen-bond donors (Lipinski definition) is 0. The summed E-state index contributed by atoms with van der Waals surface area (Å²) in [5.74, 6) is 0.645. The predicted molar refractivity (Wildman–Crippen MR) is 218 cm³/mol. The lowest BCUT2D eigenvalue weighted by Crippen LogP contribution is -2.26. The lowest BCUT2D eigenvalue weighted by molar-refractivity contribution is 0.0988. The minimum atomic E-state index is -0.305. The van der Waals surface area contributed by atoms with Gasteiger partial charge in [-0.1, -0.05) is 116 Å². The lowest BCUT2D eigenvalue weighted by atomic mass is 9.91. The normalized spacial score (nSPS) is 13.7. The van der Waals surface area contributed by atoms with Crippen LogP contribution in [0.4, 0.5) is 22.7 Å². The molecule has 0 saturated heterocycles. The van der Waals surface area contributed by atoms with Gasteiger partial charge in [-0.15, -0.1) is 0 Å². The van der Waals surface area contributed by atoms with Crippen molar-refractivity contribution in [3.63, 3.8) is 0 Å². The average molecular weight is 709 g/mol. The molecule has 0 fully saturated rings. The number of benzene rings is 5. The van der Waals surface area contributed by atoms with Gasteiger partial charge in [0.05, 0.1) is 39.4 Å². The number of fused-ring (bicyclic) bond motifs is 3. The predicted octanol–water partition coefficient (Wildman–Crippen LogP) is 12.2. The highest BCUT2D eigenvalue weighted by Crippen LogP contribution is 2.56. The summed E-state index contributed by atoms with van der Waals surface area (Å²) in [4.78, 5) is 32.6. The smallest absolute Gasteiger partial charge is 0.197 e. The maximum absolute atomic E-state index is 14.1. The largest absolute Gasteiger partial charge is 0.293 e. The Morgan fingerprint density at radius 3 is 1.22 bits per heavy atom. The third-order valence-electron chi connectivity index (χ3n) is 10.7. The van der Waals surface area contributed by atoms with Crippen LogP contribution in [0.15, 0.2) is 108 Å². The molecule has 0 radical (unpaired) electrons. The van der Waals surface area contributed by atoms with Crippen molar-refractivity contribution < 1.29 is 9.59 Å². The van der Waals surface area contributed by atoms with Crippen LogP contribution in [0, 0.1) is 22.7 Å². The van der Waals surface area contributed by atoms with Crippen molar-refractivity contribution >= 4 is 45.1 Å². The molecule has 0 spiro atoms. The van der Waals surface area contributed by atoms with Gasteiger partial charge < -0.3 is 0 Å². The van der Waals surface area contributed by atoms with Crippen molar-refractivity contribution in [2.24, 2.45) is 0 Å². The molecule has 5 aromatic rings. The number of ketones is 2. The van der Waals surface area contributed by atoms with Crippen molar-refractivity contribution in [1.29, 1.82) is 10.5 Å². The average Bonchev–Trinajstić information content (AvgIpc) is 3.59. The number of nitrogens with zero attached hydrogens (tertiary/aromatic N) is 4. The van der Waals surface area contributed by atoms with Gasteiger partial charge >= 0.3 is 0 Å². The maximum Gasteiger partial charge on any atom is 0.197 e. The fraction of sp³-hybridized carbons (Fsp3) is 0.250. The van der Waals surface area contributed by atoms with Crippen LogP contribution >= 0.6 is 0 Å². The highest BCUT2D eigenvalue weighted by Gasteiger charge is 2.40. The Morgan fingerprint density at radius 2 is 0.889 bits per heavy atom. The summed E-state index contributed by atoms with van der Waals surface area (Å²) < 4.78 is 0. The third kappa shape index (κ3) is 5.80. The number of carbonyl (C=O) groups excluding carboxylic acids is 2. The first-order valence-corrected chi connectivity index (χ1v) is 18.8. The Balaban J connectivity index is 1.60. The van der Waals surface area contributed by atoms with Crippen molar-refractivity contribution in [3.8, 4) is 12.1 Å². The second kappa shape index (κ2) is 14.0. The summed E-state index contributed by atoms with van der Waals surface area (Å²) in [6, 6.07) is 32.3. The number of anilines is 4. The molecule has 268 valence electrons. The van der Waals surface area contributed by atoms with Crippen LogP contribution in [0.25, 0.3) is 10.8 Å². The Morgan fingerprint density at radius 1 is 0.519 bits per heavy atom. The molecule has 0 aromatic heterocycles. The van der Waals surface area contributed by atoms with E-state index in [1.807, 2.05) is 54.6 Å². The summed E-state index contributed by atoms with van der Waals surface area (Å²) in [6.45, 7) is 17.4. The van der Waals surface area contributed by atoms with E-state index in [1.54, 1.807) is 6.08 Å². The fourth-order valence-corrected chi connectivity index (χ4v) is 7.94. The van der Waals surface area contributed by atoms with E-state index in [9.17, 15) is 20.1 Å². The van der Waals surface area contributed by atoms with Gasteiger partial charge in [0.2, 0.25) is 0 Å². The minimum absolute atomic E-state index is 0.0987. The number of nitriles is 2. The summed E-state index contributed by atoms with van der Waals surface area (Å²) in [5, 5.41) is 22.5. The quantitative estimate of drug-likeness (QED) is 0.123. The van der Waals surface area contributed by atoms with Gasteiger partial charge in [0, 0.05) is 11.1 Å². The maximum atomic E-state index is 14.1. The number of para-hydroxylation sites is 2. The van der Waals surface area contributed by atoms with Crippen LogP contribution in [0.1, 0.15) is 133 Å². The highest BCUT2D eigenvalue weighted by molar-refractivity contribution is 6.40. The first-order valence-electron chi connectivity index (χ1n) is 18.8. The SMILES string of the molecule is CC(C)c1cccc(C(C)C)c1N1C(=CC=C2C(=O)c3cc4ccccc4cc3C2=O)N(c2c(C(C)C)cccc2C(C)C)c2cc(C#N)c(C#N)cc21. The van der Waals surface area contributed by atoms with Crippen LogP contribution < -0.4 is 9.80 Å². The summed E-state index contributed by atoms with van der Waals surface area (Å²) in [6.07, 6.45) is 3.56. The van der Waals surface area contributed by atoms with E-state index in [1.165, 1.54) is 0 Å². The molecule has 0 unspecified atom stereocenters. The molecular weight excluding hydrogens is 665 g/mol. The molecule has 0 atom stereocenters. The molecule has 2 aliphatic rings.